The second-order valence-electron chi connectivity index (χ2n) is 22.6. The Hall–Kier alpha value is -8.95. The van der Waals surface area contributed by atoms with E-state index in [1.807, 2.05) is 63.2 Å². The summed E-state index contributed by atoms with van der Waals surface area (Å²) >= 11 is 3.48. The summed E-state index contributed by atoms with van der Waals surface area (Å²) in [5, 5.41) is 52.9. The average molecular weight is 1270 g/mol. The van der Waals surface area contributed by atoms with Gasteiger partial charge in [-0.3, -0.25) is 24.1 Å². The van der Waals surface area contributed by atoms with Crippen LogP contribution in [0.25, 0.3) is 33.9 Å². The summed E-state index contributed by atoms with van der Waals surface area (Å²) < 4.78 is 30.0. The molecule has 2 aliphatic carbocycles. The van der Waals surface area contributed by atoms with Gasteiger partial charge in [-0.15, -0.1) is 10.2 Å². The number of carbonyl (C=O) groups is 6. The third-order valence-electron chi connectivity index (χ3n) is 15.1. The van der Waals surface area contributed by atoms with Crippen molar-refractivity contribution in [1.29, 1.82) is 0 Å². The number of anilines is 2. The minimum atomic E-state index is -3.90. The monoisotopic (exact) mass is 1270 g/mol. The maximum Gasteiger partial charge on any atom is 0.407 e. The van der Waals surface area contributed by atoms with E-state index in [1.165, 1.54) is 12.1 Å². The van der Waals surface area contributed by atoms with Crippen LogP contribution in [0.5, 0.6) is 0 Å². The molecule has 5 aromatic carbocycles. The molecular formula is C60H70BrN15O10S. The van der Waals surface area contributed by atoms with Gasteiger partial charge in [0.05, 0.1) is 4.90 Å². The lowest BCUT2D eigenvalue weighted by Crippen LogP contribution is -2.52. The van der Waals surface area contributed by atoms with Gasteiger partial charge in [-0.1, -0.05) is 64.5 Å². The number of sulfonamides is 1. The lowest BCUT2D eigenvalue weighted by Gasteiger charge is -2.36. The first-order valence-electron chi connectivity index (χ1n) is 28.4. The van der Waals surface area contributed by atoms with E-state index >= 15 is 0 Å². The predicted molar refractivity (Wildman–Crippen MR) is 326 cm³/mol. The number of carbonyl (C=O) groups excluding carboxylic acids is 5. The number of rotatable bonds is 20. The molecule has 2 saturated carbocycles. The van der Waals surface area contributed by atoms with E-state index < -0.39 is 51.7 Å². The molecule has 11 N–H and O–H groups in total. The number of primary sulfonamides is 1. The number of aromatic nitrogens is 8. The number of H-pyrrole nitrogens is 2. The number of aromatic amines is 2. The summed E-state index contributed by atoms with van der Waals surface area (Å²) in [6.45, 7) is 6.30. The van der Waals surface area contributed by atoms with Gasteiger partial charge in [0.15, 0.2) is 11.6 Å². The number of benzene rings is 5. The van der Waals surface area contributed by atoms with Gasteiger partial charge in [0.2, 0.25) is 33.7 Å². The second kappa shape index (κ2) is 29.4. The molecule has 7 aromatic rings. The Bertz CT molecular complexity index is 3590. The van der Waals surface area contributed by atoms with Crippen molar-refractivity contribution in [2.75, 3.05) is 23.3 Å². The maximum absolute atomic E-state index is 14.1. The van der Waals surface area contributed by atoms with Gasteiger partial charge in [0.25, 0.3) is 0 Å². The number of alkyl carbamates (subject to hydrolysis) is 1. The van der Waals surface area contributed by atoms with E-state index in [9.17, 15) is 37.2 Å². The fourth-order valence-corrected chi connectivity index (χ4v) is 11.6. The number of nitrogens with zero attached hydrogens (tertiary/aromatic N) is 7. The quantitative estimate of drug-likeness (QED) is 0.0361. The van der Waals surface area contributed by atoms with Crippen LogP contribution in [0.1, 0.15) is 83.3 Å². The van der Waals surface area contributed by atoms with Crippen molar-refractivity contribution in [1.82, 2.24) is 57.2 Å². The third kappa shape index (κ3) is 18.8. The van der Waals surface area contributed by atoms with Gasteiger partial charge >= 0.3 is 12.2 Å². The molecule has 0 unspecified atom stereocenters. The number of tetrazole rings is 2. The number of nitrogens with one attached hydrogen (secondary N) is 6. The molecule has 2 aliphatic rings. The molecule has 2 heterocycles. The number of primary amides is 1. The number of nitrogens with two attached hydrogens (primary N) is 2. The van der Waals surface area contributed by atoms with Crippen LogP contribution >= 0.6 is 15.9 Å². The number of hydrogen-bond acceptors (Lipinski definition) is 15. The van der Waals surface area contributed by atoms with Gasteiger partial charge in [-0.2, -0.15) is 0 Å². The molecule has 0 bridgehead atoms. The standard InChI is InChI=1S/C31H34N8O6S.C29H36BrN7O4/c32-46(44,45)26-6-2-5-24(17-26)23-4-1-3-20(15-23)16-27(35-29(40)22-9-7-19(8-10-22)18-33-31(42)43)30(41)34-25-13-11-21(12-14-25)28-36-38-39-37-28;1-29(2,3)41-28(40)32-17-18-7-9-21(10-8-18)27(39)37(23-13-11-20(12-14-23)26-33-35-36-34-26)24(25(31)38)16-19-5-4-6-22(30)15-19/h1-6,11-15,17,19,22,27,33H,7-10,16,18H2,(H,34,41)(H,35,40)(H,42,43)(H2,32,44,45)(H,36,37,38,39);4-6,11-15,18,21,24H,7-10,16-17H2,1-3H3,(H2,31,38)(H,32,40)(H,33,34,35,36)/t19-,22-,27-;18-,21-,24-/m00/s1. The minimum absolute atomic E-state index is 0.0148. The van der Waals surface area contributed by atoms with E-state index in [4.69, 9.17) is 20.7 Å². The Morgan fingerprint density at radius 3 is 1.77 bits per heavy atom. The van der Waals surface area contributed by atoms with Gasteiger partial charge < -0.3 is 36.8 Å². The lowest BCUT2D eigenvalue weighted by atomic mass is 9.81. The van der Waals surface area contributed by atoms with Crippen LogP contribution in [-0.4, -0.2) is 121 Å². The van der Waals surface area contributed by atoms with Crippen molar-refractivity contribution in [3.8, 4) is 33.9 Å². The molecule has 9 rings (SSSR count). The van der Waals surface area contributed by atoms with Gasteiger partial charge in [-0.25, -0.2) is 33.3 Å². The van der Waals surface area contributed by atoms with Crippen LogP contribution in [0, 0.1) is 23.7 Å². The van der Waals surface area contributed by atoms with E-state index in [0.717, 1.165) is 45.1 Å². The fourth-order valence-electron chi connectivity index (χ4n) is 10.6. The molecule has 0 radical (unpaired) electrons. The van der Waals surface area contributed by atoms with Crippen molar-refractivity contribution < 1.29 is 47.0 Å². The maximum atomic E-state index is 14.1. The van der Waals surface area contributed by atoms with Crippen molar-refractivity contribution in [2.24, 2.45) is 34.5 Å². The number of hydrogen-bond donors (Lipinski definition) is 9. The molecule has 458 valence electrons. The zero-order valence-corrected chi connectivity index (χ0v) is 50.6. The highest BCUT2D eigenvalue weighted by atomic mass is 79.9. The van der Waals surface area contributed by atoms with E-state index in [0.29, 0.717) is 80.2 Å². The number of amides is 6. The first-order chi connectivity index (χ1) is 41.5. The Kier molecular flexibility index (Phi) is 21.7. The summed E-state index contributed by atoms with van der Waals surface area (Å²) in [5.41, 5.74) is 10.9. The summed E-state index contributed by atoms with van der Waals surface area (Å²) in [7, 11) is -3.90. The highest BCUT2D eigenvalue weighted by molar-refractivity contribution is 9.10. The minimum Gasteiger partial charge on any atom is -0.465 e. The summed E-state index contributed by atoms with van der Waals surface area (Å²) in [4.78, 5) is 78.6. The normalized spacial score (nSPS) is 17.4. The molecule has 0 spiro atoms. The SMILES string of the molecule is CC(C)(C)OC(=O)NC[C@H]1CC[C@H](C(=O)N(c2ccc(-c3nnn[nH]3)cc2)[C@@H](Cc2cccc(Br)c2)C(N)=O)CC1.NS(=O)(=O)c1cccc(-c2cccc(C[C@H](NC(=O)[C@H]3CC[C@H](CNC(=O)O)CC3)C(=O)Nc3ccc(-c4nnn[nH]4)cc3)c2)c1. The lowest BCUT2D eigenvalue weighted by molar-refractivity contribution is -0.130. The van der Waals surface area contributed by atoms with Gasteiger partial charge in [-0.05, 0) is 200 Å². The van der Waals surface area contributed by atoms with Crippen molar-refractivity contribution in [2.45, 2.75) is 108 Å². The Balaban J connectivity index is 0.000000227. The molecule has 0 saturated heterocycles. The number of halogens is 1. The van der Waals surface area contributed by atoms with Crippen LogP contribution in [0.2, 0.25) is 0 Å². The number of carboxylic acid groups (broad SMARTS) is 1. The molecule has 27 heteroatoms. The molecule has 2 fully saturated rings. The van der Waals surface area contributed by atoms with E-state index in [2.05, 4.69) is 78.4 Å². The molecule has 2 aromatic heterocycles. The van der Waals surface area contributed by atoms with E-state index in [-0.39, 0.29) is 53.2 Å². The molecule has 25 nitrogen and oxygen atoms in total. The molecule has 87 heavy (non-hydrogen) atoms. The second-order valence-corrected chi connectivity index (χ2v) is 25.1. The van der Waals surface area contributed by atoms with Crippen molar-refractivity contribution >= 4 is 73.1 Å². The summed E-state index contributed by atoms with van der Waals surface area (Å²) in [6, 6.07) is 33.5. The predicted octanol–water partition coefficient (Wildman–Crippen LogP) is 7.31. The first-order valence-corrected chi connectivity index (χ1v) is 30.7. The van der Waals surface area contributed by atoms with E-state index in [1.54, 1.807) is 71.6 Å². The largest absolute Gasteiger partial charge is 0.465 e. The van der Waals surface area contributed by atoms with Crippen LogP contribution in [0.15, 0.2) is 131 Å². The Labute approximate surface area is 511 Å². The highest BCUT2D eigenvalue weighted by Crippen LogP contribution is 2.34. The van der Waals surface area contributed by atoms with Crippen LogP contribution in [0.3, 0.4) is 0 Å². The summed E-state index contributed by atoms with van der Waals surface area (Å²) in [5.74, 6) is -0.603. The zero-order valence-electron chi connectivity index (χ0n) is 48.2. The van der Waals surface area contributed by atoms with Gasteiger partial charge in [0, 0.05) is 64.7 Å². The van der Waals surface area contributed by atoms with Crippen molar-refractivity contribution in [3.63, 3.8) is 0 Å². The molecule has 0 aliphatic heterocycles. The van der Waals surface area contributed by atoms with Crippen LogP contribution in [-0.2, 0) is 46.8 Å². The highest BCUT2D eigenvalue weighted by Gasteiger charge is 2.37. The van der Waals surface area contributed by atoms with Crippen LogP contribution < -0.4 is 37.0 Å². The average Bonchev–Trinajstić information content (AvgIpc) is 4.47. The smallest absolute Gasteiger partial charge is 0.407 e. The Morgan fingerprint density at radius 1 is 0.690 bits per heavy atom. The third-order valence-corrected chi connectivity index (χ3v) is 16.5. The Morgan fingerprint density at radius 2 is 1.23 bits per heavy atom. The fraction of sp³-hybridized carbons (Fsp3) is 0.367. The topological polar surface area (TPSA) is 378 Å². The molecular weight excluding hydrogens is 1200 g/mol. The summed E-state index contributed by atoms with van der Waals surface area (Å²) in [6.07, 6.45) is 4.30. The van der Waals surface area contributed by atoms with Crippen molar-refractivity contribution in [3.05, 3.63) is 137 Å². The number of ether oxygens (including phenoxy) is 1. The van der Waals surface area contributed by atoms with Gasteiger partial charge in [0.1, 0.15) is 17.7 Å². The first kappa shape index (κ1) is 64.1. The molecule has 2 atom stereocenters. The zero-order chi connectivity index (χ0) is 62.3. The van der Waals surface area contributed by atoms with Crippen LogP contribution in [0.4, 0.5) is 21.0 Å². The molecule has 6 amide bonds.